The molecule has 3 aromatic rings. The van der Waals surface area contributed by atoms with Crippen LogP contribution in [0.5, 0.6) is 0 Å². The summed E-state index contributed by atoms with van der Waals surface area (Å²) in [5.74, 6) is 0. The van der Waals surface area contributed by atoms with Gasteiger partial charge < -0.3 is 4.57 Å². The average Bonchev–Trinajstić information content (AvgIpc) is 3.02. The van der Waals surface area contributed by atoms with Crippen molar-refractivity contribution in [3.8, 4) is 0 Å². The van der Waals surface area contributed by atoms with Gasteiger partial charge in [-0.2, -0.15) is 0 Å². The third-order valence-corrected chi connectivity index (χ3v) is 7.43. The van der Waals surface area contributed by atoms with Gasteiger partial charge in [0.05, 0.1) is 12.1 Å². The lowest BCUT2D eigenvalue weighted by atomic mass is 9.83. The fourth-order valence-electron chi connectivity index (χ4n) is 5.45. The summed E-state index contributed by atoms with van der Waals surface area (Å²) in [6.45, 7) is 2.11. The van der Waals surface area contributed by atoms with Gasteiger partial charge in [-0.15, -0.1) is 0 Å². The Bertz CT molecular complexity index is 984. The molecule has 3 nitrogen and oxygen atoms in total. The molecule has 0 spiro atoms. The van der Waals surface area contributed by atoms with E-state index in [2.05, 4.69) is 59.8 Å². The van der Waals surface area contributed by atoms with E-state index in [9.17, 15) is 0 Å². The summed E-state index contributed by atoms with van der Waals surface area (Å²) in [5.41, 5.74) is 8.53. The minimum atomic E-state index is 0.238. The minimum absolute atomic E-state index is 0.238. The molecule has 2 aliphatic heterocycles. The molecule has 0 amide bonds. The number of hydrogen-bond acceptors (Lipinski definition) is 2. The summed E-state index contributed by atoms with van der Waals surface area (Å²) < 4.78 is 2.48. The van der Waals surface area contributed by atoms with E-state index in [-0.39, 0.29) is 12.1 Å². The Morgan fingerprint density at radius 2 is 1.00 bits per heavy atom. The van der Waals surface area contributed by atoms with Crippen LogP contribution in [0.4, 0.5) is 0 Å². The molecule has 5 rings (SSSR count). The second-order valence-electron chi connectivity index (χ2n) is 8.65. The lowest BCUT2D eigenvalue weighted by Crippen LogP contribution is -2.36. The molecule has 1 aromatic heterocycles. The highest BCUT2D eigenvalue weighted by atomic mass is 35.5. The number of hydrogen-bond donors (Lipinski definition) is 0. The average molecular weight is 440 g/mol. The quantitative estimate of drug-likeness (QED) is 0.523. The van der Waals surface area contributed by atoms with Crippen molar-refractivity contribution in [1.29, 1.82) is 0 Å². The summed E-state index contributed by atoms with van der Waals surface area (Å²) in [4.78, 5) is 4.97. The maximum Gasteiger partial charge on any atom is 0.0620 e. The Morgan fingerprint density at radius 3 is 1.37 bits per heavy atom. The van der Waals surface area contributed by atoms with Gasteiger partial charge in [0.2, 0.25) is 0 Å². The molecule has 0 saturated heterocycles. The number of nitrogens with zero attached hydrogens (tertiary/aromatic N) is 3. The topological polar surface area (TPSA) is 11.4 Å². The summed E-state index contributed by atoms with van der Waals surface area (Å²) >= 11 is 12.4. The fraction of sp³-hybridized carbons (Fsp3) is 0.360. The highest BCUT2D eigenvalue weighted by Gasteiger charge is 2.39. The van der Waals surface area contributed by atoms with E-state index >= 15 is 0 Å². The predicted molar refractivity (Wildman–Crippen MR) is 125 cm³/mol. The van der Waals surface area contributed by atoms with Crippen LogP contribution in [0.25, 0.3) is 0 Å². The number of fused-ring (bicyclic) bond motifs is 3. The molecule has 5 heteroatoms. The van der Waals surface area contributed by atoms with Gasteiger partial charge in [0, 0.05) is 65.5 Å². The van der Waals surface area contributed by atoms with E-state index in [1.807, 2.05) is 24.3 Å². The monoisotopic (exact) mass is 439 g/mol. The minimum Gasteiger partial charge on any atom is -0.351 e. The van der Waals surface area contributed by atoms with Crippen LogP contribution in [0.15, 0.2) is 48.5 Å². The van der Waals surface area contributed by atoms with Gasteiger partial charge in [0.15, 0.2) is 0 Å². The molecule has 0 aliphatic carbocycles. The molecule has 30 heavy (non-hydrogen) atoms. The highest BCUT2D eigenvalue weighted by molar-refractivity contribution is 6.30. The molecule has 2 aliphatic rings. The van der Waals surface area contributed by atoms with E-state index in [0.717, 1.165) is 36.0 Å². The summed E-state index contributed by atoms with van der Waals surface area (Å²) in [5, 5.41) is 1.57. The lowest BCUT2D eigenvalue weighted by Gasteiger charge is -2.38. The second-order valence-corrected chi connectivity index (χ2v) is 9.52. The molecule has 3 heterocycles. The van der Waals surface area contributed by atoms with Crippen molar-refractivity contribution < 1.29 is 0 Å². The van der Waals surface area contributed by atoms with Crippen LogP contribution >= 0.6 is 23.2 Å². The number of halogens is 2. The van der Waals surface area contributed by atoms with Gasteiger partial charge in [-0.25, -0.2) is 0 Å². The van der Waals surface area contributed by atoms with Gasteiger partial charge in [-0.3, -0.25) is 9.80 Å². The maximum absolute atomic E-state index is 6.21. The number of likely N-dealkylation sites (N-methyl/N-ethyl adjacent to an activating group) is 2. The summed E-state index contributed by atoms with van der Waals surface area (Å²) in [6, 6.07) is 17.3. The number of aromatic nitrogens is 1. The molecule has 2 atom stereocenters. The van der Waals surface area contributed by atoms with Gasteiger partial charge in [0.1, 0.15) is 0 Å². The van der Waals surface area contributed by atoms with Gasteiger partial charge in [-0.05, 0) is 49.5 Å². The smallest absolute Gasteiger partial charge is 0.0620 e. The first kappa shape index (κ1) is 20.1. The van der Waals surface area contributed by atoms with Crippen molar-refractivity contribution >= 4 is 23.2 Å². The van der Waals surface area contributed by atoms with E-state index < -0.39 is 0 Å². The van der Waals surface area contributed by atoms with E-state index in [4.69, 9.17) is 23.2 Å². The number of benzene rings is 2. The second kappa shape index (κ2) is 7.72. The predicted octanol–water partition coefficient (Wildman–Crippen LogP) is 5.49. The zero-order valence-corrected chi connectivity index (χ0v) is 19.2. The van der Waals surface area contributed by atoms with Crippen LogP contribution in [-0.2, 0) is 19.9 Å². The molecular weight excluding hydrogens is 413 g/mol. The van der Waals surface area contributed by atoms with E-state index in [1.54, 1.807) is 0 Å². The molecule has 0 bridgehead atoms. The molecule has 0 saturated carbocycles. The molecule has 156 valence electrons. The normalized spacial score (nSPS) is 22.0. The van der Waals surface area contributed by atoms with E-state index in [0.29, 0.717) is 0 Å². The van der Waals surface area contributed by atoms with Crippen molar-refractivity contribution in [3.63, 3.8) is 0 Å². The van der Waals surface area contributed by atoms with Crippen LogP contribution in [0.1, 0.15) is 45.7 Å². The first-order valence-electron chi connectivity index (χ1n) is 10.6. The Labute approximate surface area is 188 Å². The van der Waals surface area contributed by atoms with Crippen LogP contribution in [0.3, 0.4) is 0 Å². The Balaban J connectivity index is 1.73. The third kappa shape index (κ3) is 3.20. The standard InChI is InChI=1S/C25H27Cl2N3/c1-28-14-12-20-22(24(28)16-4-8-18(26)9-5-16)23-21(30(20)3)13-15-29(2)25(23)17-6-10-19(27)11-7-17/h4-11,24-25H,12-15H2,1-3H3. The van der Waals surface area contributed by atoms with Gasteiger partial charge >= 0.3 is 0 Å². The van der Waals surface area contributed by atoms with Crippen molar-refractivity contribution in [2.75, 3.05) is 27.2 Å². The van der Waals surface area contributed by atoms with Crippen LogP contribution in [0, 0.1) is 0 Å². The molecule has 2 aromatic carbocycles. The van der Waals surface area contributed by atoms with Crippen molar-refractivity contribution in [3.05, 3.63) is 92.2 Å². The van der Waals surface area contributed by atoms with Crippen molar-refractivity contribution in [2.24, 2.45) is 7.05 Å². The zero-order valence-electron chi connectivity index (χ0n) is 17.7. The van der Waals surface area contributed by atoms with Crippen LogP contribution < -0.4 is 0 Å². The Morgan fingerprint density at radius 1 is 0.633 bits per heavy atom. The Hall–Kier alpha value is -1.78. The molecule has 0 fully saturated rings. The first-order chi connectivity index (χ1) is 14.5. The molecule has 0 radical (unpaired) electrons. The SMILES string of the molecule is CN1CCc2c(c3c(n2C)CCN(C)C3c2ccc(Cl)cc2)C1c1ccc(Cl)cc1. The van der Waals surface area contributed by atoms with Crippen LogP contribution in [0.2, 0.25) is 10.0 Å². The van der Waals surface area contributed by atoms with Crippen molar-refractivity contribution in [1.82, 2.24) is 14.4 Å². The summed E-state index contributed by atoms with van der Waals surface area (Å²) in [6.07, 6.45) is 2.16. The van der Waals surface area contributed by atoms with Gasteiger partial charge in [-0.1, -0.05) is 47.5 Å². The van der Waals surface area contributed by atoms with Crippen LogP contribution in [-0.4, -0.2) is 41.6 Å². The molecular formula is C25H27Cl2N3. The highest BCUT2D eigenvalue weighted by Crippen LogP contribution is 2.46. The van der Waals surface area contributed by atoms with Crippen molar-refractivity contribution in [2.45, 2.75) is 24.9 Å². The van der Waals surface area contributed by atoms with Gasteiger partial charge in [0.25, 0.3) is 0 Å². The largest absolute Gasteiger partial charge is 0.351 e. The molecule has 2 unspecified atom stereocenters. The third-order valence-electron chi connectivity index (χ3n) is 6.92. The lowest BCUT2D eigenvalue weighted by molar-refractivity contribution is 0.245. The van der Waals surface area contributed by atoms with E-state index in [1.165, 1.54) is 33.6 Å². The molecule has 0 N–H and O–H groups in total. The fourth-order valence-corrected chi connectivity index (χ4v) is 5.70. The maximum atomic E-state index is 6.21. The number of rotatable bonds is 2. The zero-order chi connectivity index (χ0) is 21.0. The Kier molecular flexibility index (Phi) is 5.19. The summed E-state index contributed by atoms with van der Waals surface area (Å²) in [7, 11) is 6.74. The first-order valence-corrected chi connectivity index (χ1v) is 11.3.